The number of likely N-dealkylation sites (tertiary alicyclic amines) is 1. The molecule has 0 unspecified atom stereocenters. The zero-order valence-corrected chi connectivity index (χ0v) is 15.9. The van der Waals surface area contributed by atoms with Crippen LogP contribution in [0, 0.1) is 0 Å². The van der Waals surface area contributed by atoms with E-state index in [2.05, 4.69) is 15.1 Å². The molecule has 0 bridgehead atoms. The molecule has 142 valence electrons. The standard InChI is InChI=1S/C23H24N4O/c28-23(20-17-22(25-24-18-20)19-9-3-1-4-10-19)27(21-11-5-2-6-12-21)16-15-26-13-7-8-14-26/h1-6,9-12,17-18H,7-8,13-16H2. The molecule has 1 aliphatic rings. The monoisotopic (exact) mass is 372 g/mol. The maximum Gasteiger partial charge on any atom is 0.260 e. The predicted octanol–water partition coefficient (Wildman–Crippen LogP) is 3.89. The number of para-hydroxylation sites is 1. The lowest BCUT2D eigenvalue weighted by Gasteiger charge is -2.25. The number of anilines is 1. The van der Waals surface area contributed by atoms with Crippen LogP contribution in [0.4, 0.5) is 5.69 Å². The molecule has 4 rings (SSSR count). The Bertz CT molecular complexity index is 908. The summed E-state index contributed by atoms with van der Waals surface area (Å²) < 4.78 is 0. The maximum atomic E-state index is 13.4. The molecule has 1 aromatic heterocycles. The van der Waals surface area contributed by atoms with E-state index in [1.165, 1.54) is 12.8 Å². The van der Waals surface area contributed by atoms with Crippen LogP contribution >= 0.6 is 0 Å². The van der Waals surface area contributed by atoms with E-state index in [0.717, 1.165) is 30.9 Å². The number of hydrogen-bond donors (Lipinski definition) is 0. The number of carbonyl (C=O) groups is 1. The van der Waals surface area contributed by atoms with Gasteiger partial charge >= 0.3 is 0 Å². The van der Waals surface area contributed by atoms with E-state index in [0.29, 0.717) is 17.8 Å². The second-order valence-electron chi connectivity index (χ2n) is 7.04. The van der Waals surface area contributed by atoms with E-state index >= 15 is 0 Å². The Morgan fingerprint density at radius 1 is 0.964 bits per heavy atom. The first kappa shape index (κ1) is 18.3. The van der Waals surface area contributed by atoms with Crippen LogP contribution in [0.5, 0.6) is 0 Å². The number of aromatic nitrogens is 2. The van der Waals surface area contributed by atoms with E-state index in [4.69, 9.17) is 0 Å². The topological polar surface area (TPSA) is 49.3 Å². The molecule has 0 saturated carbocycles. The van der Waals surface area contributed by atoms with Gasteiger partial charge in [0.2, 0.25) is 0 Å². The van der Waals surface area contributed by atoms with Crippen molar-refractivity contribution >= 4 is 11.6 Å². The van der Waals surface area contributed by atoms with Crippen LogP contribution in [0.2, 0.25) is 0 Å². The van der Waals surface area contributed by atoms with Crippen molar-refractivity contribution in [1.82, 2.24) is 15.1 Å². The lowest BCUT2D eigenvalue weighted by atomic mass is 10.1. The van der Waals surface area contributed by atoms with Crippen molar-refractivity contribution in [2.45, 2.75) is 12.8 Å². The van der Waals surface area contributed by atoms with Crippen molar-refractivity contribution < 1.29 is 4.79 Å². The van der Waals surface area contributed by atoms with E-state index < -0.39 is 0 Å². The fourth-order valence-corrected chi connectivity index (χ4v) is 3.59. The quantitative estimate of drug-likeness (QED) is 0.659. The van der Waals surface area contributed by atoms with Crippen molar-refractivity contribution in [1.29, 1.82) is 0 Å². The lowest BCUT2D eigenvalue weighted by Crippen LogP contribution is -2.38. The molecule has 1 aliphatic heterocycles. The highest BCUT2D eigenvalue weighted by molar-refractivity contribution is 6.06. The maximum absolute atomic E-state index is 13.4. The van der Waals surface area contributed by atoms with Gasteiger partial charge in [-0.1, -0.05) is 48.5 Å². The van der Waals surface area contributed by atoms with E-state index in [1.54, 1.807) is 6.20 Å². The van der Waals surface area contributed by atoms with Crippen molar-refractivity contribution in [2.75, 3.05) is 31.1 Å². The van der Waals surface area contributed by atoms with Crippen LogP contribution in [-0.4, -0.2) is 47.2 Å². The van der Waals surface area contributed by atoms with Crippen molar-refractivity contribution in [2.24, 2.45) is 0 Å². The van der Waals surface area contributed by atoms with Gasteiger partial charge in [-0.3, -0.25) is 4.79 Å². The SMILES string of the molecule is O=C(c1cnnc(-c2ccccc2)c1)N(CCN1CCCC1)c1ccccc1. The Labute approximate surface area is 165 Å². The van der Waals surface area contributed by atoms with Gasteiger partial charge in [0, 0.05) is 24.3 Å². The Morgan fingerprint density at radius 3 is 2.36 bits per heavy atom. The van der Waals surface area contributed by atoms with Crippen LogP contribution in [0.3, 0.4) is 0 Å². The third kappa shape index (κ3) is 4.26. The molecule has 28 heavy (non-hydrogen) atoms. The third-order valence-electron chi connectivity index (χ3n) is 5.12. The Morgan fingerprint density at radius 2 is 1.64 bits per heavy atom. The summed E-state index contributed by atoms with van der Waals surface area (Å²) in [5, 5.41) is 8.29. The van der Waals surface area contributed by atoms with Gasteiger partial charge in [0.1, 0.15) is 0 Å². The first-order chi connectivity index (χ1) is 13.8. The van der Waals surface area contributed by atoms with Gasteiger partial charge in [0.05, 0.1) is 17.5 Å². The summed E-state index contributed by atoms with van der Waals surface area (Å²) in [5.41, 5.74) is 3.12. The van der Waals surface area contributed by atoms with E-state index in [-0.39, 0.29) is 5.91 Å². The minimum Gasteiger partial charge on any atom is -0.307 e. The summed E-state index contributed by atoms with van der Waals surface area (Å²) in [6, 6.07) is 21.5. The van der Waals surface area contributed by atoms with Crippen LogP contribution < -0.4 is 4.90 Å². The summed E-state index contributed by atoms with van der Waals surface area (Å²) >= 11 is 0. The third-order valence-corrected chi connectivity index (χ3v) is 5.12. The molecule has 0 atom stereocenters. The smallest absolute Gasteiger partial charge is 0.260 e. The summed E-state index contributed by atoms with van der Waals surface area (Å²) in [6.07, 6.45) is 4.04. The summed E-state index contributed by atoms with van der Waals surface area (Å²) in [4.78, 5) is 17.6. The molecule has 0 spiro atoms. The summed E-state index contributed by atoms with van der Waals surface area (Å²) in [7, 11) is 0. The van der Waals surface area contributed by atoms with Gasteiger partial charge in [-0.05, 0) is 44.1 Å². The summed E-state index contributed by atoms with van der Waals surface area (Å²) in [6.45, 7) is 3.77. The molecule has 2 heterocycles. The van der Waals surface area contributed by atoms with Gasteiger partial charge in [-0.15, -0.1) is 0 Å². The first-order valence-corrected chi connectivity index (χ1v) is 9.79. The molecular weight excluding hydrogens is 348 g/mol. The Balaban J connectivity index is 1.59. The molecular formula is C23H24N4O. The molecule has 3 aromatic rings. The number of hydrogen-bond acceptors (Lipinski definition) is 4. The number of carbonyl (C=O) groups excluding carboxylic acids is 1. The van der Waals surface area contributed by atoms with Gasteiger partial charge in [0.15, 0.2) is 0 Å². The zero-order chi connectivity index (χ0) is 19.2. The number of amides is 1. The van der Waals surface area contributed by atoms with Crippen LogP contribution in [0.1, 0.15) is 23.2 Å². The van der Waals surface area contributed by atoms with Crippen molar-refractivity contribution in [3.05, 3.63) is 78.5 Å². The van der Waals surface area contributed by atoms with Gasteiger partial charge in [0.25, 0.3) is 5.91 Å². The highest BCUT2D eigenvalue weighted by atomic mass is 16.2. The minimum absolute atomic E-state index is 0.0440. The van der Waals surface area contributed by atoms with Crippen LogP contribution in [-0.2, 0) is 0 Å². The number of nitrogens with zero attached hydrogens (tertiary/aromatic N) is 4. The van der Waals surface area contributed by atoms with Gasteiger partial charge < -0.3 is 9.80 Å². The Kier molecular flexibility index (Phi) is 5.73. The van der Waals surface area contributed by atoms with Gasteiger partial charge in [-0.2, -0.15) is 10.2 Å². The normalized spacial score (nSPS) is 14.1. The second-order valence-corrected chi connectivity index (χ2v) is 7.04. The molecule has 1 fully saturated rings. The van der Waals surface area contributed by atoms with E-state index in [9.17, 15) is 4.79 Å². The van der Waals surface area contributed by atoms with Gasteiger partial charge in [-0.25, -0.2) is 0 Å². The van der Waals surface area contributed by atoms with Crippen LogP contribution in [0.25, 0.3) is 11.3 Å². The molecule has 0 radical (unpaired) electrons. The number of rotatable bonds is 6. The molecule has 0 aliphatic carbocycles. The molecule has 5 nitrogen and oxygen atoms in total. The Hall–Kier alpha value is -3.05. The molecule has 5 heteroatoms. The van der Waals surface area contributed by atoms with E-state index in [1.807, 2.05) is 71.6 Å². The number of benzene rings is 2. The zero-order valence-electron chi connectivity index (χ0n) is 15.9. The molecule has 0 N–H and O–H groups in total. The average Bonchev–Trinajstić information content (AvgIpc) is 3.29. The minimum atomic E-state index is -0.0440. The largest absolute Gasteiger partial charge is 0.307 e. The van der Waals surface area contributed by atoms with Crippen molar-refractivity contribution in [3.63, 3.8) is 0 Å². The molecule has 2 aromatic carbocycles. The first-order valence-electron chi connectivity index (χ1n) is 9.79. The fraction of sp³-hybridized carbons (Fsp3) is 0.261. The molecule has 1 amide bonds. The highest BCUT2D eigenvalue weighted by Gasteiger charge is 2.21. The molecule has 1 saturated heterocycles. The average molecular weight is 372 g/mol. The fourth-order valence-electron chi connectivity index (χ4n) is 3.59. The predicted molar refractivity (Wildman–Crippen MR) is 111 cm³/mol. The van der Waals surface area contributed by atoms with Crippen LogP contribution in [0.15, 0.2) is 72.9 Å². The lowest BCUT2D eigenvalue weighted by molar-refractivity contribution is 0.0984. The van der Waals surface area contributed by atoms with Crippen molar-refractivity contribution in [3.8, 4) is 11.3 Å². The summed E-state index contributed by atoms with van der Waals surface area (Å²) in [5.74, 6) is -0.0440. The second kappa shape index (κ2) is 8.76. The highest BCUT2D eigenvalue weighted by Crippen LogP contribution is 2.20.